The van der Waals surface area contributed by atoms with Crippen molar-refractivity contribution in [3.63, 3.8) is 0 Å². The first-order chi connectivity index (χ1) is 11.4. The summed E-state index contributed by atoms with van der Waals surface area (Å²) in [5.74, 6) is 0.964. The summed E-state index contributed by atoms with van der Waals surface area (Å²) >= 11 is 0. The number of rotatable bonds is 5. The zero-order valence-corrected chi connectivity index (χ0v) is 14.5. The molecule has 134 valence electrons. The minimum absolute atomic E-state index is 0.107. The summed E-state index contributed by atoms with van der Waals surface area (Å²) in [5.41, 5.74) is 0. The van der Waals surface area contributed by atoms with E-state index in [1.165, 1.54) is 0 Å². The molecular formula is C17H28N4O3. The molecule has 3 fully saturated rings. The van der Waals surface area contributed by atoms with E-state index in [1.54, 1.807) is 0 Å². The maximum Gasteiger partial charge on any atom is 0.249 e. The van der Waals surface area contributed by atoms with Crippen LogP contribution in [0.25, 0.3) is 0 Å². The second-order valence-corrected chi connectivity index (χ2v) is 7.63. The van der Waals surface area contributed by atoms with E-state index in [4.69, 9.17) is 0 Å². The maximum absolute atomic E-state index is 12.3. The Kier molecular flexibility index (Phi) is 5.20. The molecule has 3 aliphatic heterocycles. The van der Waals surface area contributed by atoms with Crippen LogP contribution in [0.3, 0.4) is 0 Å². The summed E-state index contributed by atoms with van der Waals surface area (Å²) in [7, 11) is 0. The van der Waals surface area contributed by atoms with E-state index in [-0.39, 0.29) is 30.1 Å². The summed E-state index contributed by atoms with van der Waals surface area (Å²) in [4.78, 5) is 37.6. The average Bonchev–Trinajstić information content (AvgIpc) is 3.10. The molecule has 0 radical (unpaired) electrons. The fraction of sp³-hybridized carbons (Fsp3) is 0.824. The number of amides is 3. The van der Waals surface area contributed by atoms with Crippen LogP contribution < -0.4 is 16.0 Å². The summed E-state index contributed by atoms with van der Waals surface area (Å²) in [6.45, 7) is 8.73. The molecule has 0 aromatic rings. The molecule has 7 heteroatoms. The molecule has 0 aromatic carbocycles. The van der Waals surface area contributed by atoms with Crippen LogP contribution in [0.4, 0.5) is 0 Å². The lowest BCUT2D eigenvalue weighted by Gasteiger charge is -2.30. The second-order valence-electron chi connectivity index (χ2n) is 7.63. The Labute approximate surface area is 142 Å². The van der Waals surface area contributed by atoms with Crippen molar-refractivity contribution in [2.75, 3.05) is 26.2 Å². The van der Waals surface area contributed by atoms with Crippen LogP contribution in [-0.4, -0.2) is 60.9 Å². The first kappa shape index (κ1) is 17.4. The number of hydrogen-bond acceptors (Lipinski definition) is 5. The number of carbonyl (C=O) groups is 3. The molecule has 3 aliphatic rings. The zero-order valence-electron chi connectivity index (χ0n) is 14.5. The molecule has 3 rings (SSSR count). The third-order valence-electron chi connectivity index (χ3n) is 5.90. The van der Waals surface area contributed by atoms with Gasteiger partial charge >= 0.3 is 0 Å². The van der Waals surface area contributed by atoms with Crippen molar-refractivity contribution in [3.8, 4) is 0 Å². The molecule has 3 amide bonds. The quantitative estimate of drug-likeness (QED) is 0.588. The minimum atomic E-state index is -0.574. The number of nitrogens with zero attached hydrogens (tertiary/aromatic N) is 1. The normalized spacial score (nSPS) is 33.0. The Morgan fingerprint density at radius 3 is 2.54 bits per heavy atom. The van der Waals surface area contributed by atoms with Crippen molar-refractivity contribution >= 4 is 17.7 Å². The van der Waals surface area contributed by atoms with Crippen molar-refractivity contribution in [2.24, 2.45) is 17.8 Å². The number of piperidine rings is 1. The standard InChI is InChI=1S/C17H28N4O3/c1-10(11(2)21-8-12-6-18-7-13(12)9-21)5-16(23)19-14-3-4-15(22)20-17(14)24/h10-14,18H,3-9H2,1-2H3,(H,19,23)(H,20,22,24)/t10?,11-,12?,13?,14?/m1/s1. The van der Waals surface area contributed by atoms with Crippen LogP contribution in [0.5, 0.6) is 0 Å². The number of imide groups is 1. The second kappa shape index (κ2) is 7.19. The van der Waals surface area contributed by atoms with E-state index >= 15 is 0 Å². The van der Waals surface area contributed by atoms with Crippen LogP contribution in [-0.2, 0) is 14.4 Å². The fourth-order valence-electron chi connectivity index (χ4n) is 4.13. The first-order valence-corrected chi connectivity index (χ1v) is 9.02. The lowest BCUT2D eigenvalue weighted by Crippen LogP contribution is -2.52. The van der Waals surface area contributed by atoms with Crippen molar-refractivity contribution in [1.29, 1.82) is 0 Å². The molecule has 5 atom stereocenters. The third kappa shape index (κ3) is 3.78. The van der Waals surface area contributed by atoms with Crippen molar-refractivity contribution in [2.45, 2.75) is 45.2 Å². The van der Waals surface area contributed by atoms with Crippen molar-refractivity contribution in [3.05, 3.63) is 0 Å². The van der Waals surface area contributed by atoms with Gasteiger partial charge < -0.3 is 10.6 Å². The number of fused-ring (bicyclic) bond motifs is 1. The Morgan fingerprint density at radius 2 is 1.92 bits per heavy atom. The molecule has 3 saturated heterocycles. The Hall–Kier alpha value is -1.47. The maximum atomic E-state index is 12.3. The SMILES string of the molecule is CC(CC(=O)NC1CCC(=O)NC1=O)[C@@H](C)N1CC2CNCC2C1. The number of likely N-dealkylation sites (tertiary alicyclic amines) is 1. The molecule has 0 spiro atoms. The van der Waals surface area contributed by atoms with Gasteiger partial charge in [-0.1, -0.05) is 6.92 Å². The Bertz CT molecular complexity index is 512. The van der Waals surface area contributed by atoms with Gasteiger partial charge in [-0.05, 0) is 44.2 Å². The van der Waals surface area contributed by atoms with E-state index in [0.717, 1.165) is 38.0 Å². The van der Waals surface area contributed by atoms with E-state index in [9.17, 15) is 14.4 Å². The van der Waals surface area contributed by atoms with Gasteiger partial charge in [0.25, 0.3) is 0 Å². The molecule has 4 unspecified atom stereocenters. The topological polar surface area (TPSA) is 90.5 Å². The van der Waals surface area contributed by atoms with Gasteiger partial charge in [-0.15, -0.1) is 0 Å². The van der Waals surface area contributed by atoms with Crippen LogP contribution in [0, 0.1) is 17.8 Å². The number of nitrogens with one attached hydrogen (secondary N) is 3. The van der Waals surface area contributed by atoms with Crippen molar-refractivity contribution in [1.82, 2.24) is 20.9 Å². The van der Waals surface area contributed by atoms with Gasteiger partial charge in [-0.2, -0.15) is 0 Å². The van der Waals surface area contributed by atoms with Gasteiger partial charge in [0.2, 0.25) is 17.7 Å². The van der Waals surface area contributed by atoms with Crippen LogP contribution in [0.2, 0.25) is 0 Å². The highest BCUT2D eigenvalue weighted by atomic mass is 16.2. The Morgan fingerprint density at radius 1 is 1.25 bits per heavy atom. The van der Waals surface area contributed by atoms with Gasteiger partial charge in [0.05, 0.1) is 0 Å². The molecule has 3 heterocycles. The van der Waals surface area contributed by atoms with E-state index in [0.29, 0.717) is 18.9 Å². The van der Waals surface area contributed by atoms with Crippen LogP contribution in [0.1, 0.15) is 33.1 Å². The largest absolute Gasteiger partial charge is 0.344 e. The highest BCUT2D eigenvalue weighted by Gasteiger charge is 2.39. The fourth-order valence-corrected chi connectivity index (χ4v) is 4.13. The monoisotopic (exact) mass is 336 g/mol. The van der Waals surface area contributed by atoms with Gasteiger partial charge in [0, 0.05) is 32.0 Å². The zero-order chi connectivity index (χ0) is 17.3. The molecule has 24 heavy (non-hydrogen) atoms. The van der Waals surface area contributed by atoms with Crippen molar-refractivity contribution < 1.29 is 14.4 Å². The highest BCUT2D eigenvalue weighted by molar-refractivity contribution is 6.01. The summed E-state index contributed by atoms with van der Waals surface area (Å²) in [5, 5.41) is 8.49. The average molecular weight is 336 g/mol. The summed E-state index contributed by atoms with van der Waals surface area (Å²) in [6.07, 6.45) is 1.08. The molecule has 0 aliphatic carbocycles. The highest BCUT2D eigenvalue weighted by Crippen LogP contribution is 2.30. The van der Waals surface area contributed by atoms with Gasteiger partial charge in [-0.3, -0.25) is 24.6 Å². The molecule has 0 saturated carbocycles. The molecule has 3 N–H and O–H groups in total. The third-order valence-corrected chi connectivity index (χ3v) is 5.90. The van der Waals surface area contributed by atoms with Gasteiger partial charge in [0.15, 0.2) is 0 Å². The van der Waals surface area contributed by atoms with E-state index in [2.05, 4.69) is 34.7 Å². The number of hydrogen-bond donors (Lipinski definition) is 3. The predicted molar refractivity (Wildman–Crippen MR) is 89.0 cm³/mol. The lowest BCUT2D eigenvalue weighted by molar-refractivity contribution is -0.137. The first-order valence-electron chi connectivity index (χ1n) is 9.02. The van der Waals surface area contributed by atoms with E-state index in [1.807, 2.05) is 0 Å². The minimum Gasteiger partial charge on any atom is -0.344 e. The van der Waals surface area contributed by atoms with Gasteiger partial charge in [0.1, 0.15) is 6.04 Å². The number of carbonyl (C=O) groups excluding carboxylic acids is 3. The molecule has 0 aromatic heterocycles. The van der Waals surface area contributed by atoms with E-state index < -0.39 is 6.04 Å². The van der Waals surface area contributed by atoms with Crippen LogP contribution >= 0.6 is 0 Å². The lowest BCUT2D eigenvalue weighted by atomic mass is 9.97. The molecular weight excluding hydrogens is 308 g/mol. The smallest absolute Gasteiger partial charge is 0.249 e. The summed E-state index contributed by atoms with van der Waals surface area (Å²) < 4.78 is 0. The van der Waals surface area contributed by atoms with Crippen LogP contribution in [0.15, 0.2) is 0 Å². The molecule has 7 nitrogen and oxygen atoms in total. The Balaban J connectivity index is 1.45. The summed E-state index contributed by atoms with van der Waals surface area (Å²) in [6, 6.07) is -0.224. The molecule has 0 bridgehead atoms. The predicted octanol–water partition coefficient (Wildman–Crippen LogP) is -0.526. The van der Waals surface area contributed by atoms with Gasteiger partial charge in [-0.25, -0.2) is 0 Å².